The lowest BCUT2D eigenvalue weighted by molar-refractivity contribution is 0.332. The Kier molecular flexibility index (Phi) is 4.89. The van der Waals surface area contributed by atoms with Gasteiger partial charge in [-0.25, -0.2) is 8.42 Å². The summed E-state index contributed by atoms with van der Waals surface area (Å²) in [6, 6.07) is 14.8. The summed E-state index contributed by atoms with van der Waals surface area (Å²) in [4.78, 5) is 0.435. The molecule has 1 aliphatic heterocycles. The Morgan fingerprint density at radius 2 is 1.84 bits per heavy atom. The molecule has 134 valence electrons. The van der Waals surface area contributed by atoms with E-state index in [2.05, 4.69) is 12.2 Å². The molecule has 0 saturated carbocycles. The smallest absolute Gasteiger partial charge is 0.180 e. The largest absolute Gasteiger partial charge is 0.399 e. The van der Waals surface area contributed by atoms with E-state index >= 15 is 0 Å². The SMILES string of the molecule is CCCCC1(C)CS(=O)(=O)c2ccccc2[C@@H](c2ccc(N)cc2)N1. The lowest BCUT2D eigenvalue weighted by Crippen LogP contribution is -2.47. The molecule has 5 heteroatoms. The van der Waals surface area contributed by atoms with Crippen molar-refractivity contribution >= 4 is 15.5 Å². The zero-order chi connectivity index (χ0) is 18.1. The van der Waals surface area contributed by atoms with E-state index in [1.54, 1.807) is 12.1 Å². The number of fused-ring (bicyclic) bond motifs is 1. The van der Waals surface area contributed by atoms with Crippen molar-refractivity contribution in [2.45, 2.75) is 49.6 Å². The molecule has 1 unspecified atom stereocenters. The summed E-state index contributed by atoms with van der Waals surface area (Å²) in [5.74, 6) is 0.114. The first-order valence-electron chi connectivity index (χ1n) is 8.79. The van der Waals surface area contributed by atoms with E-state index in [0.29, 0.717) is 10.6 Å². The maximum absolute atomic E-state index is 13.0. The molecule has 2 atom stereocenters. The van der Waals surface area contributed by atoms with Gasteiger partial charge in [-0.2, -0.15) is 0 Å². The predicted molar refractivity (Wildman–Crippen MR) is 102 cm³/mol. The van der Waals surface area contributed by atoms with Gasteiger partial charge in [0, 0.05) is 11.2 Å². The van der Waals surface area contributed by atoms with Gasteiger partial charge in [0.05, 0.1) is 16.7 Å². The van der Waals surface area contributed by atoms with Crippen LogP contribution < -0.4 is 11.1 Å². The van der Waals surface area contributed by atoms with E-state index in [1.807, 2.05) is 43.3 Å². The van der Waals surface area contributed by atoms with Gasteiger partial charge in [0.15, 0.2) is 9.84 Å². The first-order chi connectivity index (χ1) is 11.8. The fraction of sp³-hybridized carbons (Fsp3) is 0.400. The summed E-state index contributed by atoms with van der Waals surface area (Å²) in [5.41, 5.74) is 7.90. The average molecular weight is 359 g/mol. The maximum atomic E-state index is 13.0. The van der Waals surface area contributed by atoms with Crippen LogP contribution >= 0.6 is 0 Å². The summed E-state index contributed by atoms with van der Waals surface area (Å²) >= 11 is 0. The molecule has 2 aromatic rings. The number of nitrogens with two attached hydrogens (primary N) is 1. The van der Waals surface area contributed by atoms with Gasteiger partial charge in [0.2, 0.25) is 0 Å². The van der Waals surface area contributed by atoms with Crippen molar-refractivity contribution in [1.82, 2.24) is 5.32 Å². The van der Waals surface area contributed by atoms with E-state index < -0.39 is 15.4 Å². The lowest BCUT2D eigenvalue weighted by atomic mass is 9.91. The van der Waals surface area contributed by atoms with Crippen LogP contribution in [0.25, 0.3) is 0 Å². The molecule has 4 nitrogen and oxygen atoms in total. The van der Waals surface area contributed by atoms with E-state index in [0.717, 1.165) is 30.4 Å². The molecular weight excluding hydrogens is 332 g/mol. The van der Waals surface area contributed by atoms with Crippen LogP contribution in [0.15, 0.2) is 53.4 Å². The molecule has 0 radical (unpaired) electrons. The van der Waals surface area contributed by atoms with E-state index in [9.17, 15) is 8.42 Å². The van der Waals surface area contributed by atoms with Crippen molar-refractivity contribution < 1.29 is 8.42 Å². The molecule has 1 aliphatic rings. The van der Waals surface area contributed by atoms with Crippen LogP contribution in [0.1, 0.15) is 50.3 Å². The number of rotatable bonds is 4. The summed E-state index contributed by atoms with van der Waals surface area (Å²) in [5, 5.41) is 3.65. The molecule has 25 heavy (non-hydrogen) atoms. The second kappa shape index (κ2) is 6.81. The van der Waals surface area contributed by atoms with Gasteiger partial charge in [0.1, 0.15) is 0 Å². The van der Waals surface area contributed by atoms with Crippen LogP contribution in [0.4, 0.5) is 5.69 Å². The summed E-state index contributed by atoms with van der Waals surface area (Å²) in [6.07, 6.45) is 2.85. The molecule has 3 rings (SSSR count). The minimum atomic E-state index is -3.35. The standard InChI is InChI=1S/C20H26N2O2S/c1-3-4-13-20(2)14-25(23,24)18-8-6-5-7-17(18)19(22-20)15-9-11-16(21)12-10-15/h5-12,19,22H,3-4,13-14,21H2,1-2H3/t19-,20?/m1/s1. The van der Waals surface area contributed by atoms with Gasteiger partial charge in [-0.3, -0.25) is 5.32 Å². The topological polar surface area (TPSA) is 72.2 Å². The van der Waals surface area contributed by atoms with Gasteiger partial charge >= 0.3 is 0 Å². The van der Waals surface area contributed by atoms with Gasteiger partial charge < -0.3 is 5.73 Å². The number of unbranched alkanes of at least 4 members (excludes halogenated alkanes) is 1. The number of nitrogen functional groups attached to an aromatic ring is 1. The first kappa shape index (κ1) is 18.0. The number of benzene rings is 2. The Bertz CT molecular complexity index is 846. The number of hydrogen-bond acceptors (Lipinski definition) is 4. The second-order valence-corrected chi connectivity index (χ2v) is 9.16. The molecule has 2 aromatic carbocycles. The third kappa shape index (κ3) is 3.72. The third-order valence-electron chi connectivity index (χ3n) is 4.92. The fourth-order valence-corrected chi connectivity index (χ4v) is 5.68. The third-order valence-corrected chi connectivity index (χ3v) is 6.98. The fourth-order valence-electron chi connectivity index (χ4n) is 3.63. The van der Waals surface area contributed by atoms with Crippen LogP contribution in [0.3, 0.4) is 0 Å². The highest BCUT2D eigenvalue weighted by atomic mass is 32.2. The van der Waals surface area contributed by atoms with Gasteiger partial charge in [-0.05, 0) is 42.7 Å². The highest BCUT2D eigenvalue weighted by Gasteiger charge is 2.39. The minimum Gasteiger partial charge on any atom is -0.399 e. The molecule has 0 spiro atoms. The molecule has 1 heterocycles. The molecule has 0 aromatic heterocycles. The number of hydrogen-bond donors (Lipinski definition) is 2. The minimum absolute atomic E-state index is 0.114. The van der Waals surface area contributed by atoms with Crippen LogP contribution in [0, 0.1) is 0 Å². The van der Waals surface area contributed by atoms with Crippen LogP contribution in [-0.4, -0.2) is 19.7 Å². The monoisotopic (exact) mass is 358 g/mol. The van der Waals surface area contributed by atoms with Crippen molar-refractivity contribution in [2.75, 3.05) is 11.5 Å². The normalized spacial score (nSPS) is 25.1. The molecule has 0 fully saturated rings. The van der Waals surface area contributed by atoms with Crippen molar-refractivity contribution in [1.29, 1.82) is 0 Å². The molecule has 0 aliphatic carbocycles. The average Bonchev–Trinajstić information content (AvgIpc) is 2.67. The number of nitrogens with one attached hydrogen (secondary N) is 1. The number of sulfone groups is 1. The van der Waals surface area contributed by atoms with E-state index in [-0.39, 0.29) is 11.8 Å². The quantitative estimate of drug-likeness (QED) is 0.818. The van der Waals surface area contributed by atoms with Gasteiger partial charge in [0.25, 0.3) is 0 Å². The maximum Gasteiger partial charge on any atom is 0.180 e. The zero-order valence-corrected chi connectivity index (χ0v) is 15.6. The molecular formula is C20H26N2O2S. The van der Waals surface area contributed by atoms with Crippen LogP contribution in [-0.2, 0) is 9.84 Å². The second-order valence-electron chi connectivity index (χ2n) is 7.21. The zero-order valence-electron chi connectivity index (χ0n) is 14.8. The Labute approximate surface area is 150 Å². The predicted octanol–water partition coefficient (Wildman–Crippen LogP) is 3.68. The first-order valence-corrected chi connectivity index (χ1v) is 10.4. The van der Waals surface area contributed by atoms with E-state index in [4.69, 9.17) is 5.73 Å². The Balaban J connectivity index is 2.14. The molecule has 0 saturated heterocycles. The van der Waals surface area contributed by atoms with Crippen LogP contribution in [0.5, 0.6) is 0 Å². The number of anilines is 1. The van der Waals surface area contributed by atoms with Gasteiger partial charge in [-0.1, -0.05) is 50.1 Å². The highest BCUT2D eigenvalue weighted by molar-refractivity contribution is 7.91. The highest BCUT2D eigenvalue weighted by Crippen LogP contribution is 2.36. The summed E-state index contributed by atoms with van der Waals surface area (Å²) in [6.45, 7) is 4.15. The van der Waals surface area contributed by atoms with Crippen molar-refractivity contribution in [3.05, 3.63) is 59.7 Å². The molecule has 0 amide bonds. The van der Waals surface area contributed by atoms with Crippen LogP contribution in [0.2, 0.25) is 0 Å². The molecule has 3 N–H and O–H groups in total. The van der Waals surface area contributed by atoms with Gasteiger partial charge in [-0.15, -0.1) is 0 Å². The lowest BCUT2D eigenvalue weighted by Gasteiger charge is -2.33. The Morgan fingerprint density at radius 1 is 1.16 bits per heavy atom. The molecule has 0 bridgehead atoms. The van der Waals surface area contributed by atoms with E-state index in [1.165, 1.54) is 0 Å². The van der Waals surface area contributed by atoms with Crippen molar-refractivity contribution in [3.63, 3.8) is 0 Å². The Hall–Kier alpha value is -1.85. The van der Waals surface area contributed by atoms with Crippen molar-refractivity contribution in [2.24, 2.45) is 0 Å². The summed E-state index contributed by atoms with van der Waals surface area (Å²) in [7, 11) is -3.35. The Morgan fingerprint density at radius 3 is 2.52 bits per heavy atom. The summed E-state index contributed by atoms with van der Waals surface area (Å²) < 4.78 is 26.1. The van der Waals surface area contributed by atoms with Crippen molar-refractivity contribution in [3.8, 4) is 0 Å².